The van der Waals surface area contributed by atoms with Gasteiger partial charge in [-0.05, 0) is 41.7 Å². The molecule has 0 spiro atoms. The molecule has 2 N–H and O–H groups in total. The number of anilines is 1. The van der Waals surface area contributed by atoms with Gasteiger partial charge in [-0.2, -0.15) is 13.2 Å². The topological polar surface area (TPSA) is 94.6 Å². The van der Waals surface area contributed by atoms with Crippen LogP contribution in [0, 0.1) is 0 Å². The van der Waals surface area contributed by atoms with E-state index in [1.807, 2.05) is 30.3 Å². The summed E-state index contributed by atoms with van der Waals surface area (Å²) in [4.78, 5) is 30.2. The van der Waals surface area contributed by atoms with E-state index < -0.39 is 30.3 Å². The number of aliphatic hydroxyl groups excluding tert-OH is 1. The summed E-state index contributed by atoms with van der Waals surface area (Å²) in [6.45, 7) is 5.29. The van der Waals surface area contributed by atoms with Gasteiger partial charge in [0.2, 0.25) is 5.91 Å². The third-order valence-corrected chi connectivity index (χ3v) is 9.30. The summed E-state index contributed by atoms with van der Waals surface area (Å²) in [6.07, 6.45) is -4.95. The van der Waals surface area contributed by atoms with Gasteiger partial charge >= 0.3 is 12.1 Å². The van der Waals surface area contributed by atoms with Crippen LogP contribution in [-0.4, -0.2) is 89.2 Å². The second-order valence-electron chi connectivity index (χ2n) is 12.7. The van der Waals surface area contributed by atoms with Crippen LogP contribution in [0.25, 0.3) is 0 Å². The minimum atomic E-state index is -5.03. The van der Waals surface area contributed by atoms with Gasteiger partial charge in [0.1, 0.15) is 6.04 Å². The molecule has 12 heteroatoms. The van der Waals surface area contributed by atoms with Gasteiger partial charge < -0.3 is 24.8 Å². The fraction of sp³-hybridized carbons (Fsp3) is 0.444. The van der Waals surface area contributed by atoms with Crippen LogP contribution < -0.4 is 5.32 Å². The van der Waals surface area contributed by atoms with E-state index in [-0.39, 0.29) is 31.8 Å². The molecule has 0 aliphatic carbocycles. The van der Waals surface area contributed by atoms with Crippen LogP contribution in [0.5, 0.6) is 0 Å². The molecule has 2 amide bonds. The Hall–Kier alpha value is -3.81. The molecule has 3 heterocycles. The summed E-state index contributed by atoms with van der Waals surface area (Å²) < 4.78 is 52.1. The van der Waals surface area contributed by atoms with Gasteiger partial charge in [0, 0.05) is 63.5 Å². The summed E-state index contributed by atoms with van der Waals surface area (Å²) in [5.41, 5.74) is 4.23. The van der Waals surface area contributed by atoms with Gasteiger partial charge in [0.05, 0.1) is 18.8 Å². The Morgan fingerprint density at radius 3 is 2.15 bits per heavy atom. The molecule has 0 saturated carbocycles. The maximum absolute atomic E-state index is 13.0. The molecular weight excluding hydrogens is 625 g/mol. The molecule has 3 aliphatic rings. The summed E-state index contributed by atoms with van der Waals surface area (Å²) >= 11 is 0. The molecule has 4 unspecified atom stereocenters. The number of alkyl halides is 3. The van der Waals surface area contributed by atoms with Crippen molar-refractivity contribution in [1.82, 2.24) is 14.7 Å². The molecule has 3 aromatic rings. The van der Waals surface area contributed by atoms with Crippen LogP contribution in [-0.2, 0) is 32.2 Å². The van der Waals surface area contributed by atoms with Crippen LogP contribution in [0.3, 0.4) is 0 Å². The number of hydrogen-bond acceptors (Lipinski definition) is 7. The number of halogens is 3. The predicted molar refractivity (Wildman–Crippen MR) is 172 cm³/mol. The molecule has 3 aromatic carbocycles. The zero-order chi connectivity index (χ0) is 33.7. The van der Waals surface area contributed by atoms with Crippen molar-refractivity contribution in [3.63, 3.8) is 0 Å². The minimum Gasteiger partial charge on any atom is -0.392 e. The van der Waals surface area contributed by atoms with Crippen molar-refractivity contribution in [3.05, 3.63) is 101 Å². The molecule has 3 fully saturated rings. The lowest BCUT2D eigenvalue weighted by Gasteiger charge is -2.40. The number of carbonyl (C=O) groups is 2. The molecule has 0 bridgehead atoms. The number of hydrogen-bond donors (Lipinski definition) is 2. The average molecular weight is 667 g/mol. The maximum Gasteiger partial charge on any atom is 0.471 e. The van der Waals surface area contributed by atoms with Crippen LogP contribution >= 0.6 is 0 Å². The number of amides is 2. The average Bonchev–Trinajstić information content (AvgIpc) is 3.59. The highest BCUT2D eigenvalue weighted by Crippen LogP contribution is 2.38. The molecule has 0 radical (unpaired) electrons. The maximum atomic E-state index is 13.0. The summed E-state index contributed by atoms with van der Waals surface area (Å²) in [5, 5.41) is 12.2. The monoisotopic (exact) mass is 666 g/mol. The van der Waals surface area contributed by atoms with E-state index in [0.717, 1.165) is 56.0 Å². The normalized spacial score (nSPS) is 24.0. The number of aliphatic hydroxyl groups is 1. The van der Waals surface area contributed by atoms with E-state index in [1.165, 1.54) is 5.56 Å². The van der Waals surface area contributed by atoms with Crippen LogP contribution in [0.2, 0.25) is 0 Å². The zero-order valence-corrected chi connectivity index (χ0v) is 26.6. The quantitative estimate of drug-likeness (QED) is 0.331. The summed E-state index contributed by atoms with van der Waals surface area (Å²) in [7, 11) is 0. The third kappa shape index (κ3) is 8.42. The van der Waals surface area contributed by atoms with Gasteiger partial charge in [0.15, 0.2) is 6.29 Å². The van der Waals surface area contributed by atoms with Crippen molar-refractivity contribution in [2.75, 3.05) is 44.6 Å². The first-order chi connectivity index (χ1) is 23.2. The lowest BCUT2D eigenvalue weighted by atomic mass is 9.99. The second kappa shape index (κ2) is 15.2. The number of likely N-dealkylation sites (tertiary alicyclic amines) is 1. The van der Waals surface area contributed by atoms with E-state index in [1.54, 1.807) is 24.3 Å². The fourth-order valence-electron chi connectivity index (χ4n) is 6.69. The number of rotatable bonds is 9. The Morgan fingerprint density at radius 1 is 0.812 bits per heavy atom. The highest BCUT2D eigenvalue weighted by molar-refractivity contribution is 5.98. The molecule has 256 valence electrons. The van der Waals surface area contributed by atoms with Crippen molar-refractivity contribution in [3.8, 4) is 0 Å². The Balaban J connectivity index is 1.10. The van der Waals surface area contributed by atoms with E-state index in [0.29, 0.717) is 23.4 Å². The van der Waals surface area contributed by atoms with Gasteiger partial charge in [-0.3, -0.25) is 19.4 Å². The number of nitrogens with one attached hydrogen (secondary N) is 1. The van der Waals surface area contributed by atoms with E-state index in [4.69, 9.17) is 9.47 Å². The molecule has 4 atom stereocenters. The Kier molecular flexibility index (Phi) is 10.8. The lowest BCUT2D eigenvalue weighted by Crippen LogP contribution is -2.49. The second-order valence-corrected chi connectivity index (χ2v) is 12.7. The van der Waals surface area contributed by atoms with Crippen molar-refractivity contribution >= 4 is 17.5 Å². The molecule has 6 rings (SSSR count). The fourth-order valence-corrected chi connectivity index (χ4v) is 6.69. The molecule has 3 saturated heterocycles. The predicted octanol–water partition coefficient (Wildman–Crippen LogP) is 5.03. The highest BCUT2D eigenvalue weighted by atomic mass is 19.4. The molecule has 48 heavy (non-hydrogen) atoms. The number of carbonyl (C=O) groups excluding carboxylic acids is 2. The van der Waals surface area contributed by atoms with E-state index in [2.05, 4.69) is 39.4 Å². The number of piperazine rings is 1. The highest BCUT2D eigenvalue weighted by Gasteiger charge is 2.47. The molecule has 3 aliphatic heterocycles. The van der Waals surface area contributed by atoms with Crippen molar-refractivity contribution in [2.45, 2.75) is 63.1 Å². The van der Waals surface area contributed by atoms with Crippen LogP contribution in [0.15, 0.2) is 78.9 Å². The van der Waals surface area contributed by atoms with Crippen molar-refractivity contribution in [1.29, 1.82) is 0 Å². The molecular formula is C36H41F3N4O5. The molecule has 0 aromatic heterocycles. The van der Waals surface area contributed by atoms with Crippen LogP contribution in [0.4, 0.5) is 18.9 Å². The van der Waals surface area contributed by atoms with Crippen LogP contribution in [0.1, 0.15) is 53.9 Å². The molecule has 9 nitrogen and oxygen atoms in total. The SMILES string of the molecule is O=C(Nc1ccc(C2OC(CN3CCN(Cc4ccccc4)CC3)CC(c3ccc(CO)cc3)O2)cc1)C1CCCN1C(=O)C(F)(F)F. The largest absolute Gasteiger partial charge is 0.471 e. The smallest absolute Gasteiger partial charge is 0.392 e. The van der Waals surface area contributed by atoms with Gasteiger partial charge in [-0.15, -0.1) is 0 Å². The van der Waals surface area contributed by atoms with Crippen molar-refractivity contribution < 1.29 is 37.3 Å². The van der Waals surface area contributed by atoms with Gasteiger partial charge in [0.25, 0.3) is 0 Å². The van der Waals surface area contributed by atoms with Crippen molar-refractivity contribution in [2.24, 2.45) is 0 Å². The number of nitrogens with zero attached hydrogens (tertiary/aromatic N) is 3. The number of benzene rings is 3. The lowest BCUT2D eigenvalue weighted by molar-refractivity contribution is -0.253. The van der Waals surface area contributed by atoms with Gasteiger partial charge in [-0.25, -0.2) is 0 Å². The van der Waals surface area contributed by atoms with E-state index in [9.17, 15) is 27.9 Å². The van der Waals surface area contributed by atoms with Gasteiger partial charge in [-0.1, -0.05) is 66.7 Å². The standard InChI is InChI=1S/C36H41F3N4O5/c37-36(38,39)35(46)43-16-4-7-31(43)33(45)40-29-14-12-28(13-15-29)34-47-30(21-32(48-34)27-10-8-26(24-44)9-11-27)23-42-19-17-41(18-20-42)22-25-5-2-1-3-6-25/h1-3,5-6,8-15,30-32,34,44H,4,7,16-24H2,(H,40,45). The summed E-state index contributed by atoms with van der Waals surface area (Å²) in [5.74, 6) is -2.65. The first-order valence-corrected chi connectivity index (χ1v) is 16.4. The third-order valence-electron chi connectivity index (χ3n) is 9.30. The number of ether oxygens (including phenoxy) is 2. The Bertz CT molecular complexity index is 1520. The van der Waals surface area contributed by atoms with E-state index >= 15 is 0 Å². The first kappa shape index (κ1) is 34.1. The summed E-state index contributed by atoms with van der Waals surface area (Å²) in [6, 6.07) is 23.8. The Morgan fingerprint density at radius 2 is 1.48 bits per heavy atom. The Labute approximate surface area is 278 Å². The first-order valence-electron chi connectivity index (χ1n) is 16.4. The zero-order valence-electron chi connectivity index (χ0n) is 26.6. The minimum absolute atomic E-state index is 0.0449.